The number of benzene rings is 3. The molecular weight excluding hydrogens is 520 g/mol. The Morgan fingerprint density at radius 3 is 2.00 bits per heavy atom. The highest BCUT2D eigenvalue weighted by atomic mass is 35.5. The second-order valence-corrected chi connectivity index (χ2v) is 10.2. The Hall–Kier alpha value is -3.63. The van der Waals surface area contributed by atoms with Crippen LogP contribution in [0.25, 0.3) is 0 Å². The second-order valence-electron chi connectivity index (χ2n) is 7.95. The lowest BCUT2D eigenvalue weighted by Crippen LogP contribution is -2.40. The molecule has 0 radical (unpaired) electrons. The molecule has 0 atom stereocenters. The Labute approximate surface area is 221 Å². The van der Waals surface area contributed by atoms with E-state index in [1.165, 1.54) is 46.6 Å². The molecule has 198 valence electrons. The molecular formula is C26H29ClN2O7S. The van der Waals surface area contributed by atoms with Gasteiger partial charge in [-0.15, -0.1) is 0 Å². The number of methoxy groups -OCH3 is 4. The van der Waals surface area contributed by atoms with Crippen LogP contribution in [0.15, 0.2) is 59.5 Å². The molecule has 0 aliphatic carbocycles. The quantitative estimate of drug-likeness (QED) is 0.383. The monoisotopic (exact) mass is 548 g/mol. The van der Waals surface area contributed by atoms with Crippen molar-refractivity contribution in [3.63, 3.8) is 0 Å². The van der Waals surface area contributed by atoms with Gasteiger partial charge in [0.25, 0.3) is 10.0 Å². The van der Waals surface area contributed by atoms with Crippen molar-refractivity contribution in [2.75, 3.05) is 39.3 Å². The standard InChI is InChI=1S/C26H29ClN2O7S/c1-17-6-9-20(10-7-17)37(31,32)29(21-14-19(27)8-11-22(21)33-2)16-25(30)28-15-18-12-23(34-3)26(36-5)24(13-18)35-4/h6-14H,15-16H2,1-5H3,(H,28,30). The number of halogens is 1. The number of carbonyl (C=O) groups is 1. The van der Waals surface area contributed by atoms with Crippen molar-refractivity contribution in [2.24, 2.45) is 0 Å². The first-order valence-electron chi connectivity index (χ1n) is 11.1. The van der Waals surface area contributed by atoms with Gasteiger partial charge in [0.2, 0.25) is 11.7 Å². The lowest BCUT2D eigenvalue weighted by molar-refractivity contribution is -0.119. The van der Waals surface area contributed by atoms with Crippen molar-refractivity contribution in [2.45, 2.75) is 18.4 Å². The highest BCUT2D eigenvalue weighted by Crippen LogP contribution is 2.38. The smallest absolute Gasteiger partial charge is 0.264 e. The minimum Gasteiger partial charge on any atom is -0.495 e. The first-order chi connectivity index (χ1) is 17.6. The van der Waals surface area contributed by atoms with Crippen LogP contribution in [0.5, 0.6) is 23.0 Å². The van der Waals surface area contributed by atoms with E-state index in [1.807, 2.05) is 6.92 Å². The van der Waals surface area contributed by atoms with Gasteiger partial charge >= 0.3 is 0 Å². The highest BCUT2D eigenvalue weighted by Gasteiger charge is 2.30. The van der Waals surface area contributed by atoms with Crippen LogP contribution in [-0.4, -0.2) is 49.3 Å². The number of nitrogens with zero attached hydrogens (tertiary/aromatic N) is 1. The Morgan fingerprint density at radius 2 is 1.46 bits per heavy atom. The van der Waals surface area contributed by atoms with Gasteiger partial charge in [0, 0.05) is 11.6 Å². The van der Waals surface area contributed by atoms with Crippen LogP contribution in [0.1, 0.15) is 11.1 Å². The zero-order valence-electron chi connectivity index (χ0n) is 21.2. The summed E-state index contributed by atoms with van der Waals surface area (Å²) in [4.78, 5) is 13.1. The number of hydrogen-bond donors (Lipinski definition) is 1. The van der Waals surface area contributed by atoms with Gasteiger partial charge in [0.05, 0.1) is 39.0 Å². The van der Waals surface area contributed by atoms with Gasteiger partial charge in [-0.2, -0.15) is 0 Å². The molecule has 3 rings (SSSR count). The molecule has 1 amide bonds. The summed E-state index contributed by atoms with van der Waals surface area (Å²) in [6, 6.07) is 14.3. The molecule has 9 nitrogen and oxygen atoms in total. The van der Waals surface area contributed by atoms with Crippen LogP contribution in [-0.2, 0) is 21.4 Å². The fourth-order valence-corrected chi connectivity index (χ4v) is 5.21. The average molecular weight is 549 g/mol. The normalized spacial score (nSPS) is 11.0. The molecule has 11 heteroatoms. The molecule has 3 aromatic rings. The van der Waals surface area contributed by atoms with Gasteiger partial charge in [0.1, 0.15) is 12.3 Å². The van der Waals surface area contributed by atoms with E-state index in [2.05, 4.69) is 5.32 Å². The van der Waals surface area contributed by atoms with E-state index in [4.69, 9.17) is 30.5 Å². The fraction of sp³-hybridized carbons (Fsp3) is 0.269. The van der Waals surface area contributed by atoms with Crippen molar-refractivity contribution in [1.82, 2.24) is 5.32 Å². The van der Waals surface area contributed by atoms with Crippen LogP contribution in [0.2, 0.25) is 5.02 Å². The molecule has 0 spiro atoms. The molecule has 0 unspecified atom stereocenters. The van der Waals surface area contributed by atoms with E-state index in [-0.39, 0.29) is 27.9 Å². The van der Waals surface area contributed by atoms with Gasteiger partial charge in [-0.1, -0.05) is 29.3 Å². The minimum absolute atomic E-state index is 0.0255. The van der Waals surface area contributed by atoms with Crippen LogP contribution in [0.3, 0.4) is 0 Å². The maximum atomic E-state index is 13.7. The number of sulfonamides is 1. The Balaban J connectivity index is 1.93. The highest BCUT2D eigenvalue weighted by molar-refractivity contribution is 7.92. The SMILES string of the molecule is COc1ccc(Cl)cc1N(CC(=O)NCc1cc(OC)c(OC)c(OC)c1)S(=O)(=O)c1ccc(C)cc1. The fourth-order valence-electron chi connectivity index (χ4n) is 3.62. The Morgan fingerprint density at radius 1 is 0.865 bits per heavy atom. The maximum absolute atomic E-state index is 13.7. The largest absolute Gasteiger partial charge is 0.495 e. The van der Waals surface area contributed by atoms with E-state index in [0.29, 0.717) is 22.8 Å². The summed E-state index contributed by atoms with van der Waals surface area (Å²) in [5.74, 6) is 0.976. The summed E-state index contributed by atoms with van der Waals surface area (Å²) in [5.41, 5.74) is 1.70. The van der Waals surface area contributed by atoms with Gasteiger partial charge in [-0.05, 0) is 55.0 Å². The van der Waals surface area contributed by atoms with Gasteiger partial charge in [-0.3, -0.25) is 9.10 Å². The lowest BCUT2D eigenvalue weighted by atomic mass is 10.1. The van der Waals surface area contributed by atoms with Crippen LogP contribution >= 0.6 is 11.6 Å². The topological polar surface area (TPSA) is 103 Å². The van der Waals surface area contributed by atoms with Crippen molar-refractivity contribution in [1.29, 1.82) is 0 Å². The molecule has 37 heavy (non-hydrogen) atoms. The Kier molecular flexibility index (Phi) is 9.12. The van der Waals surface area contributed by atoms with Crippen molar-refractivity contribution in [3.05, 3.63) is 70.7 Å². The summed E-state index contributed by atoms with van der Waals surface area (Å²) >= 11 is 6.18. The van der Waals surface area contributed by atoms with E-state index >= 15 is 0 Å². The summed E-state index contributed by atoms with van der Waals surface area (Å²) in [6.07, 6.45) is 0. The van der Waals surface area contributed by atoms with Crippen molar-refractivity contribution in [3.8, 4) is 23.0 Å². The first-order valence-corrected chi connectivity index (χ1v) is 12.9. The van der Waals surface area contributed by atoms with E-state index in [0.717, 1.165) is 9.87 Å². The molecule has 0 bridgehead atoms. The van der Waals surface area contributed by atoms with Crippen molar-refractivity contribution >= 4 is 33.2 Å². The van der Waals surface area contributed by atoms with Gasteiger partial charge < -0.3 is 24.3 Å². The molecule has 0 saturated carbocycles. The van der Waals surface area contributed by atoms with Crippen molar-refractivity contribution < 1.29 is 32.2 Å². The summed E-state index contributed by atoms with van der Waals surface area (Å²) in [6.45, 7) is 1.42. The molecule has 0 aliphatic rings. The molecule has 0 aliphatic heterocycles. The van der Waals surface area contributed by atoms with E-state index in [9.17, 15) is 13.2 Å². The predicted octanol–water partition coefficient (Wildman–Crippen LogP) is 4.19. The third kappa shape index (κ3) is 6.39. The summed E-state index contributed by atoms with van der Waals surface area (Å²) in [5, 5.41) is 3.04. The maximum Gasteiger partial charge on any atom is 0.264 e. The number of nitrogens with one attached hydrogen (secondary N) is 1. The third-order valence-electron chi connectivity index (χ3n) is 5.52. The number of aryl methyl sites for hydroxylation is 1. The summed E-state index contributed by atoms with van der Waals surface area (Å²) < 4.78 is 49.7. The number of amides is 1. The zero-order chi connectivity index (χ0) is 27.2. The zero-order valence-corrected chi connectivity index (χ0v) is 22.8. The predicted molar refractivity (Wildman–Crippen MR) is 142 cm³/mol. The van der Waals surface area contributed by atoms with E-state index in [1.54, 1.807) is 36.4 Å². The van der Waals surface area contributed by atoms with Gasteiger partial charge in [0.15, 0.2) is 11.5 Å². The molecule has 0 saturated heterocycles. The minimum atomic E-state index is -4.15. The number of rotatable bonds is 11. The molecule has 0 fully saturated rings. The third-order valence-corrected chi connectivity index (χ3v) is 7.53. The molecule has 1 N–H and O–H groups in total. The average Bonchev–Trinajstić information content (AvgIpc) is 2.89. The Bertz CT molecular complexity index is 1340. The van der Waals surface area contributed by atoms with E-state index < -0.39 is 22.5 Å². The number of ether oxygens (including phenoxy) is 4. The number of carbonyl (C=O) groups excluding carboxylic acids is 1. The molecule has 0 aromatic heterocycles. The lowest BCUT2D eigenvalue weighted by Gasteiger charge is -2.26. The summed E-state index contributed by atoms with van der Waals surface area (Å²) in [7, 11) is 1.74. The van der Waals surface area contributed by atoms with Crippen LogP contribution in [0.4, 0.5) is 5.69 Å². The van der Waals surface area contributed by atoms with Gasteiger partial charge in [-0.25, -0.2) is 8.42 Å². The van der Waals surface area contributed by atoms with Crippen LogP contribution < -0.4 is 28.6 Å². The molecule has 3 aromatic carbocycles. The second kappa shape index (κ2) is 12.1. The number of anilines is 1. The number of hydrogen-bond acceptors (Lipinski definition) is 7. The first kappa shape index (κ1) is 27.9. The molecule has 0 heterocycles. The van der Waals surface area contributed by atoms with Crippen LogP contribution in [0, 0.1) is 6.92 Å².